The molecule has 1 aromatic rings. The Morgan fingerprint density at radius 2 is 1.60 bits per heavy atom. The van der Waals surface area contributed by atoms with Gasteiger partial charge in [0.15, 0.2) is 0 Å². The van der Waals surface area contributed by atoms with Gasteiger partial charge in [0.25, 0.3) is 0 Å². The Morgan fingerprint density at radius 1 is 1.05 bits per heavy atom. The third-order valence-electron chi connectivity index (χ3n) is 4.04. The second kappa shape index (κ2) is 7.12. The molecular weight excluding hydrogens is 246 g/mol. The molecule has 2 nitrogen and oxygen atoms in total. The molecule has 0 saturated heterocycles. The highest BCUT2D eigenvalue weighted by atomic mass is 16.5. The minimum atomic E-state index is 0.0296. The molecule has 0 amide bonds. The number of rotatable bonds is 6. The maximum absolute atomic E-state index is 6.23. The van der Waals surface area contributed by atoms with E-state index in [-0.39, 0.29) is 17.6 Å². The molecule has 0 aliphatic rings. The Morgan fingerprint density at radius 3 is 2.00 bits per heavy atom. The van der Waals surface area contributed by atoms with Crippen molar-refractivity contribution in [1.82, 2.24) is 0 Å². The van der Waals surface area contributed by atoms with Crippen LogP contribution in [-0.2, 0) is 0 Å². The van der Waals surface area contributed by atoms with E-state index >= 15 is 0 Å². The summed E-state index contributed by atoms with van der Waals surface area (Å²) in [5, 5.41) is 0. The van der Waals surface area contributed by atoms with Crippen LogP contribution in [0.5, 0.6) is 5.75 Å². The molecule has 2 N–H and O–H groups in total. The summed E-state index contributed by atoms with van der Waals surface area (Å²) in [7, 11) is 0. The van der Waals surface area contributed by atoms with E-state index in [2.05, 4.69) is 65.8 Å². The molecule has 1 aromatic carbocycles. The fraction of sp³-hybridized carbons (Fsp3) is 0.667. The fourth-order valence-corrected chi connectivity index (χ4v) is 2.38. The van der Waals surface area contributed by atoms with Crippen LogP contribution in [0.15, 0.2) is 24.3 Å². The minimum Gasteiger partial charge on any atom is -0.488 e. The standard InChI is InChI=1S/C18H31NO/c1-7-13(3)14-9-11-15(12-10-14)20-17(16(19)8-2)18(4,5)6/h9-13,16-17H,7-8,19H2,1-6H3. The van der Waals surface area contributed by atoms with Gasteiger partial charge in [-0.1, -0.05) is 53.7 Å². The predicted octanol–water partition coefficient (Wildman–Crippen LogP) is 4.73. The Labute approximate surface area is 124 Å². The van der Waals surface area contributed by atoms with Crippen molar-refractivity contribution < 1.29 is 4.74 Å². The number of nitrogens with two attached hydrogens (primary N) is 1. The molecule has 0 heterocycles. The van der Waals surface area contributed by atoms with Crippen LogP contribution in [0.2, 0.25) is 0 Å². The van der Waals surface area contributed by atoms with Gasteiger partial charge in [0, 0.05) is 11.5 Å². The van der Waals surface area contributed by atoms with E-state index in [1.165, 1.54) is 5.56 Å². The zero-order valence-corrected chi connectivity index (χ0v) is 13.9. The molecule has 1 rings (SSSR count). The molecule has 0 radical (unpaired) electrons. The molecule has 0 saturated carbocycles. The van der Waals surface area contributed by atoms with Crippen LogP contribution in [-0.4, -0.2) is 12.1 Å². The first-order valence-electron chi connectivity index (χ1n) is 7.81. The summed E-state index contributed by atoms with van der Waals surface area (Å²) < 4.78 is 6.17. The smallest absolute Gasteiger partial charge is 0.119 e. The molecule has 3 unspecified atom stereocenters. The van der Waals surface area contributed by atoms with Gasteiger partial charge < -0.3 is 10.5 Å². The molecule has 114 valence electrons. The minimum absolute atomic E-state index is 0.0296. The predicted molar refractivity (Wildman–Crippen MR) is 87.3 cm³/mol. The Balaban J connectivity index is 2.84. The van der Waals surface area contributed by atoms with E-state index in [1.54, 1.807) is 0 Å². The highest BCUT2D eigenvalue weighted by Crippen LogP contribution is 2.29. The maximum Gasteiger partial charge on any atom is 0.119 e. The molecule has 0 fully saturated rings. The van der Waals surface area contributed by atoms with Gasteiger partial charge in [-0.3, -0.25) is 0 Å². The molecule has 0 bridgehead atoms. The van der Waals surface area contributed by atoms with Crippen LogP contribution in [0.25, 0.3) is 0 Å². The second-order valence-electron chi connectivity index (χ2n) is 6.85. The molecule has 20 heavy (non-hydrogen) atoms. The summed E-state index contributed by atoms with van der Waals surface area (Å²) in [6.45, 7) is 13.1. The van der Waals surface area contributed by atoms with Crippen molar-refractivity contribution in [3.63, 3.8) is 0 Å². The first-order chi connectivity index (χ1) is 9.29. The van der Waals surface area contributed by atoms with Crippen molar-refractivity contribution in [2.45, 2.75) is 72.4 Å². The second-order valence-corrected chi connectivity index (χ2v) is 6.85. The van der Waals surface area contributed by atoms with Crippen LogP contribution in [0, 0.1) is 5.41 Å². The fourth-order valence-electron chi connectivity index (χ4n) is 2.38. The Hall–Kier alpha value is -1.02. The molecular formula is C18H31NO. The highest BCUT2D eigenvalue weighted by Gasteiger charge is 2.31. The number of ether oxygens (including phenoxy) is 1. The van der Waals surface area contributed by atoms with E-state index in [4.69, 9.17) is 10.5 Å². The van der Waals surface area contributed by atoms with Gasteiger partial charge in [-0.2, -0.15) is 0 Å². The van der Waals surface area contributed by atoms with Gasteiger partial charge in [0.2, 0.25) is 0 Å². The van der Waals surface area contributed by atoms with Crippen molar-refractivity contribution in [1.29, 1.82) is 0 Å². The van der Waals surface area contributed by atoms with Crippen LogP contribution in [0.3, 0.4) is 0 Å². The first kappa shape index (κ1) is 17.0. The SMILES string of the molecule is CCC(C)c1ccc(OC(C(N)CC)C(C)(C)C)cc1. The monoisotopic (exact) mass is 277 g/mol. The highest BCUT2D eigenvalue weighted by molar-refractivity contribution is 5.29. The zero-order valence-electron chi connectivity index (χ0n) is 13.9. The van der Waals surface area contributed by atoms with E-state index in [0.29, 0.717) is 5.92 Å². The van der Waals surface area contributed by atoms with Crippen molar-refractivity contribution in [3.05, 3.63) is 29.8 Å². The Bertz CT molecular complexity index is 391. The largest absolute Gasteiger partial charge is 0.488 e. The topological polar surface area (TPSA) is 35.2 Å². The normalized spacial score (nSPS) is 16.6. The number of hydrogen-bond donors (Lipinski definition) is 1. The molecule has 0 spiro atoms. The van der Waals surface area contributed by atoms with E-state index in [1.807, 2.05) is 0 Å². The lowest BCUT2D eigenvalue weighted by atomic mass is 9.84. The van der Waals surface area contributed by atoms with Crippen molar-refractivity contribution in [2.75, 3.05) is 0 Å². The summed E-state index contributed by atoms with van der Waals surface area (Å²) >= 11 is 0. The van der Waals surface area contributed by atoms with E-state index < -0.39 is 0 Å². The number of hydrogen-bond acceptors (Lipinski definition) is 2. The summed E-state index contributed by atoms with van der Waals surface area (Å²) in [5.74, 6) is 1.52. The average Bonchev–Trinajstić information content (AvgIpc) is 2.42. The third-order valence-corrected chi connectivity index (χ3v) is 4.04. The van der Waals surface area contributed by atoms with Crippen LogP contribution >= 0.6 is 0 Å². The lowest BCUT2D eigenvalue weighted by Gasteiger charge is -2.35. The summed E-state index contributed by atoms with van der Waals surface area (Å²) in [6, 6.07) is 8.54. The van der Waals surface area contributed by atoms with Crippen LogP contribution in [0.4, 0.5) is 0 Å². The quantitative estimate of drug-likeness (QED) is 0.815. The van der Waals surface area contributed by atoms with Crippen molar-refractivity contribution >= 4 is 0 Å². The summed E-state index contributed by atoms with van der Waals surface area (Å²) in [6.07, 6.45) is 2.11. The van der Waals surface area contributed by atoms with Gasteiger partial charge in [0.1, 0.15) is 11.9 Å². The first-order valence-corrected chi connectivity index (χ1v) is 7.81. The summed E-state index contributed by atoms with van der Waals surface area (Å²) in [4.78, 5) is 0. The average molecular weight is 277 g/mol. The van der Waals surface area contributed by atoms with Gasteiger partial charge in [0.05, 0.1) is 0 Å². The molecule has 2 heteroatoms. The van der Waals surface area contributed by atoms with Gasteiger partial charge in [-0.25, -0.2) is 0 Å². The third kappa shape index (κ3) is 4.52. The molecule has 0 aliphatic heterocycles. The van der Waals surface area contributed by atoms with Crippen molar-refractivity contribution in [3.8, 4) is 5.75 Å². The van der Waals surface area contributed by atoms with E-state index in [0.717, 1.165) is 18.6 Å². The van der Waals surface area contributed by atoms with Gasteiger partial charge in [-0.05, 0) is 36.5 Å². The molecule has 0 aromatic heterocycles. The lowest BCUT2D eigenvalue weighted by Crippen LogP contribution is -2.47. The lowest BCUT2D eigenvalue weighted by molar-refractivity contribution is 0.0621. The van der Waals surface area contributed by atoms with Gasteiger partial charge >= 0.3 is 0 Å². The van der Waals surface area contributed by atoms with E-state index in [9.17, 15) is 0 Å². The van der Waals surface area contributed by atoms with Crippen LogP contribution < -0.4 is 10.5 Å². The van der Waals surface area contributed by atoms with Gasteiger partial charge in [-0.15, -0.1) is 0 Å². The number of benzene rings is 1. The summed E-state index contributed by atoms with van der Waals surface area (Å²) in [5.41, 5.74) is 7.63. The van der Waals surface area contributed by atoms with Crippen LogP contribution in [0.1, 0.15) is 65.9 Å². The maximum atomic E-state index is 6.23. The van der Waals surface area contributed by atoms with Crippen molar-refractivity contribution in [2.24, 2.45) is 11.1 Å². The molecule has 0 aliphatic carbocycles. The Kier molecular flexibility index (Phi) is 6.07. The molecule has 3 atom stereocenters. The zero-order chi connectivity index (χ0) is 15.3.